The second-order valence-corrected chi connectivity index (χ2v) is 6.60. The van der Waals surface area contributed by atoms with Crippen molar-refractivity contribution in [2.24, 2.45) is 5.73 Å². The number of fused-ring (bicyclic) bond motifs is 1. The number of carbonyl (C=O) groups excluding carboxylic acids is 1. The molecular formula is C19H21N5O. The molecule has 1 aromatic carbocycles. The summed E-state index contributed by atoms with van der Waals surface area (Å²) in [5, 5.41) is 4.25. The lowest BCUT2D eigenvalue weighted by molar-refractivity contribution is 0.104. The van der Waals surface area contributed by atoms with Gasteiger partial charge in [-0.05, 0) is 25.7 Å². The number of aromatic amines is 1. The number of hydrogen-bond donors (Lipinski definition) is 3. The van der Waals surface area contributed by atoms with E-state index in [0.29, 0.717) is 34.7 Å². The van der Waals surface area contributed by atoms with Crippen LogP contribution in [0.1, 0.15) is 41.6 Å². The first-order valence-electron chi connectivity index (χ1n) is 8.66. The predicted molar refractivity (Wildman–Crippen MR) is 97.6 cm³/mol. The molecule has 6 heteroatoms. The first-order valence-corrected chi connectivity index (χ1v) is 8.66. The molecule has 1 saturated carbocycles. The molecule has 1 fully saturated rings. The topological polar surface area (TPSA) is 96.7 Å². The lowest BCUT2D eigenvalue weighted by Gasteiger charge is -2.27. The lowest BCUT2D eigenvalue weighted by atomic mass is 9.92. The van der Waals surface area contributed by atoms with Crippen LogP contribution in [0.15, 0.2) is 42.9 Å². The molecule has 4 N–H and O–H groups in total. The average Bonchev–Trinajstić information content (AvgIpc) is 3.09. The fraction of sp³-hybridized carbons (Fsp3) is 0.316. The van der Waals surface area contributed by atoms with Gasteiger partial charge in [-0.3, -0.25) is 4.79 Å². The standard InChI is InChI=1S/C19H21N5O/c20-13-6-8-14(9-7-13)24-19-16-15(10-21-18(16)22-11-23-19)17(25)12-4-2-1-3-5-12/h1-5,10-11,13-14H,6-9,20H2,(H2,21,22,23,24)/t13-,14+. The van der Waals surface area contributed by atoms with Gasteiger partial charge < -0.3 is 16.0 Å². The highest BCUT2D eigenvalue weighted by Gasteiger charge is 2.22. The first-order chi connectivity index (χ1) is 12.2. The van der Waals surface area contributed by atoms with Gasteiger partial charge in [-0.25, -0.2) is 9.97 Å². The third-order valence-electron chi connectivity index (χ3n) is 4.86. The Morgan fingerprint density at radius 1 is 1.12 bits per heavy atom. The Balaban J connectivity index is 1.68. The van der Waals surface area contributed by atoms with Gasteiger partial charge in [0.05, 0.1) is 10.9 Å². The van der Waals surface area contributed by atoms with Crippen molar-refractivity contribution in [3.8, 4) is 0 Å². The number of rotatable bonds is 4. The zero-order valence-corrected chi connectivity index (χ0v) is 13.9. The number of carbonyl (C=O) groups is 1. The molecule has 1 aliphatic rings. The molecule has 0 radical (unpaired) electrons. The van der Waals surface area contributed by atoms with Crippen molar-refractivity contribution in [3.05, 3.63) is 54.0 Å². The van der Waals surface area contributed by atoms with E-state index in [4.69, 9.17) is 5.73 Å². The molecule has 4 rings (SSSR count). The molecule has 3 aromatic rings. The maximum absolute atomic E-state index is 12.9. The van der Waals surface area contributed by atoms with Crippen molar-refractivity contribution >= 4 is 22.6 Å². The third kappa shape index (κ3) is 3.13. The largest absolute Gasteiger partial charge is 0.367 e. The summed E-state index contributed by atoms with van der Waals surface area (Å²) in [5.74, 6) is 0.682. The maximum Gasteiger partial charge on any atom is 0.195 e. The minimum atomic E-state index is -0.0321. The molecule has 0 saturated heterocycles. The van der Waals surface area contributed by atoms with Gasteiger partial charge in [-0.2, -0.15) is 0 Å². The molecule has 0 aliphatic heterocycles. The highest BCUT2D eigenvalue weighted by molar-refractivity contribution is 6.17. The molecule has 0 atom stereocenters. The van der Waals surface area contributed by atoms with E-state index >= 15 is 0 Å². The average molecular weight is 335 g/mol. The van der Waals surface area contributed by atoms with Crippen LogP contribution in [-0.2, 0) is 0 Å². The molecule has 1 aliphatic carbocycles. The summed E-state index contributed by atoms with van der Waals surface area (Å²) in [5.41, 5.74) is 7.91. The van der Waals surface area contributed by atoms with E-state index in [-0.39, 0.29) is 5.78 Å². The van der Waals surface area contributed by atoms with E-state index in [2.05, 4.69) is 20.3 Å². The van der Waals surface area contributed by atoms with E-state index in [1.807, 2.05) is 30.3 Å². The van der Waals surface area contributed by atoms with Crippen LogP contribution in [0.3, 0.4) is 0 Å². The number of H-pyrrole nitrogens is 1. The van der Waals surface area contributed by atoms with Crippen LogP contribution < -0.4 is 11.1 Å². The van der Waals surface area contributed by atoms with Crippen molar-refractivity contribution in [1.82, 2.24) is 15.0 Å². The Morgan fingerprint density at radius 2 is 1.88 bits per heavy atom. The number of benzene rings is 1. The van der Waals surface area contributed by atoms with Gasteiger partial charge in [0.25, 0.3) is 0 Å². The Morgan fingerprint density at radius 3 is 2.64 bits per heavy atom. The summed E-state index contributed by atoms with van der Waals surface area (Å²) in [6.07, 6.45) is 7.28. The molecule has 25 heavy (non-hydrogen) atoms. The Labute approximate surface area is 145 Å². The van der Waals surface area contributed by atoms with Gasteiger partial charge in [-0.1, -0.05) is 30.3 Å². The summed E-state index contributed by atoms with van der Waals surface area (Å²) in [6, 6.07) is 9.89. The van der Waals surface area contributed by atoms with E-state index < -0.39 is 0 Å². The molecule has 0 amide bonds. The van der Waals surface area contributed by atoms with Crippen molar-refractivity contribution < 1.29 is 4.79 Å². The number of nitrogens with one attached hydrogen (secondary N) is 2. The third-order valence-corrected chi connectivity index (χ3v) is 4.86. The van der Waals surface area contributed by atoms with Crippen LogP contribution >= 0.6 is 0 Å². The van der Waals surface area contributed by atoms with Crippen molar-refractivity contribution in [3.63, 3.8) is 0 Å². The van der Waals surface area contributed by atoms with Crippen molar-refractivity contribution in [1.29, 1.82) is 0 Å². The molecule has 128 valence electrons. The normalized spacial score (nSPS) is 20.5. The van der Waals surface area contributed by atoms with Crippen LogP contribution in [0.4, 0.5) is 5.82 Å². The molecule has 6 nitrogen and oxygen atoms in total. The summed E-state index contributed by atoms with van der Waals surface area (Å²) in [7, 11) is 0. The van der Waals surface area contributed by atoms with Crippen LogP contribution in [-0.4, -0.2) is 32.8 Å². The Kier molecular flexibility index (Phi) is 4.19. The monoisotopic (exact) mass is 335 g/mol. The van der Waals surface area contributed by atoms with Crippen molar-refractivity contribution in [2.75, 3.05) is 5.32 Å². The van der Waals surface area contributed by atoms with Gasteiger partial charge in [0.1, 0.15) is 17.8 Å². The van der Waals surface area contributed by atoms with E-state index in [0.717, 1.165) is 31.1 Å². The highest BCUT2D eigenvalue weighted by atomic mass is 16.1. The maximum atomic E-state index is 12.9. The Hall–Kier alpha value is -2.73. The van der Waals surface area contributed by atoms with Gasteiger partial charge in [0.2, 0.25) is 0 Å². The van der Waals surface area contributed by atoms with Crippen LogP contribution in [0.25, 0.3) is 11.0 Å². The lowest BCUT2D eigenvalue weighted by Crippen LogP contribution is -2.33. The van der Waals surface area contributed by atoms with Gasteiger partial charge in [0.15, 0.2) is 5.78 Å². The van der Waals surface area contributed by atoms with Crippen LogP contribution in [0.5, 0.6) is 0 Å². The molecular weight excluding hydrogens is 314 g/mol. The Bertz CT molecular complexity index is 881. The number of nitrogens with zero attached hydrogens (tertiary/aromatic N) is 2. The summed E-state index contributed by atoms with van der Waals surface area (Å²) in [6.45, 7) is 0. The minimum Gasteiger partial charge on any atom is -0.367 e. The second-order valence-electron chi connectivity index (χ2n) is 6.60. The molecule has 2 aromatic heterocycles. The van der Waals surface area contributed by atoms with Crippen LogP contribution in [0.2, 0.25) is 0 Å². The highest BCUT2D eigenvalue weighted by Crippen LogP contribution is 2.28. The number of aromatic nitrogens is 3. The zero-order valence-electron chi connectivity index (χ0n) is 13.9. The van der Waals surface area contributed by atoms with Crippen molar-refractivity contribution in [2.45, 2.75) is 37.8 Å². The second kappa shape index (κ2) is 6.64. The SMILES string of the molecule is N[C@H]1CC[C@@H](Nc2ncnc3[nH]cc(C(=O)c4ccccc4)c23)CC1. The van der Waals surface area contributed by atoms with Crippen LogP contribution in [0, 0.1) is 0 Å². The number of hydrogen-bond acceptors (Lipinski definition) is 5. The summed E-state index contributed by atoms with van der Waals surface area (Å²) < 4.78 is 0. The first kappa shape index (κ1) is 15.8. The number of ketones is 1. The molecule has 0 bridgehead atoms. The minimum absolute atomic E-state index is 0.0321. The number of anilines is 1. The van der Waals surface area contributed by atoms with Gasteiger partial charge in [0, 0.05) is 23.8 Å². The molecule has 2 heterocycles. The van der Waals surface area contributed by atoms with E-state index in [9.17, 15) is 4.79 Å². The van der Waals surface area contributed by atoms with E-state index in [1.165, 1.54) is 6.33 Å². The molecule has 0 unspecified atom stereocenters. The smallest absolute Gasteiger partial charge is 0.195 e. The predicted octanol–water partition coefficient (Wildman–Crippen LogP) is 2.87. The fourth-order valence-corrected chi connectivity index (χ4v) is 3.45. The van der Waals surface area contributed by atoms with Gasteiger partial charge >= 0.3 is 0 Å². The zero-order chi connectivity index (χ0) is 17.2. The quantitative estimate of drug-likeness (QED) is 0.637. The number of nitrogens with two attached hydrogens (primary N) is 1. The molecule has 0 spiro atoms. The summed E-state index contributed by atoms with van der Waals surface area (Å²) in [4.78, 5) is 24.6. The van der Waals surface area contributed by atoms with Gasteiger partial charge in [-0.15, -0.1) is 0 Å². The van der Waals surface area contributed by atoms with E-state index in [1.54, 1.807) is 6.20 Å². The summed E-state index contributed by atoms with van der Waals surface area (Å²) >= 11 is 0. The fourth-order valence-electron chi connectivity index (χ4n) is 3.45.